The first kappa shape index (κ1) is 16.2. The van der Waals surface area contributed by atoms with Crippen LogP contribution in [-0.2, 0) is 26.2 Å². The van der Waals surface area contributed by atoms with Gasteiger partial charge in [-0.1, -0.05) is 24.3 Å². The molecular weight excluding hydrogens is 256 g/mol. The highest BCUT2D eigenvalue weighted by atomic mass is 16.5. The lowest BCUT2D eigenvalue weighted by atomic mass is 9.82. The number of carboxylic acids is 1. The summed E-state index contributed by atoms with van der Waals surface area (Å²) in [5.41, 5.74) is 0.262. The first-order valence-corrected chi connectivity index (χ1v) is 6.52. The maximum absolute atomic E-state index is 11.7. The van der Waals surface area contributed by atoms with Crippen LogP contribution in [0.1, 0.15) is 38.8 Å². The zero-order valence-corrected chi connectivity index (χ0v) is 12.7. The van der Waals surface area contributed by atoms with E-state index >= 15 is 0 Å². The number of rotatable bonds is 5. The van der Waals surface area contributed by atoms with Crippen molar-refractivity contribution in [1.29, 1.82) is 0 Å². The van der Waals surface area contributed by atoms with E-state index < -0.39 is 16.8 Å². The molecule has 0 fully saturated rings. The average molecular weight is 278 g/mol. The van der Waals surface area contributed by atoms with Gasteiger partial charge in [0.15, 0.2) is 0 Å². The van der Waals surface area contributed by atoms with Crippen molar-refractivity contribution in [3.63, 3.8) is 0 Å². The van der Waals surface area contributed by atoms with Crippen molar-refractivity contribution in [3.8, 4) is 0 Å². The van der Waals surface area contributed by atoms with Gasteiger partial charge in [-0.05, 0) is 45.2 Å². The quantitative estimate of drug-likeness (QED) is 0.841. The van der Waals surface area contributed by atoms with E-state index in [1.807, 2.05) is 24.3 Å². The predicted molar refractivity (Wildman–Crippen MR) is 76.6 cm³/mol. The van der Waals surface area contributed by atoms with E-state index in [0.717, 1.165) is 11.1 Å². The number of hydrogen-bond acceptors (Lipinski definition) is 3. The van der Waals surface area contributed by atoms with Gasteiger partial charge in [0.05, 0.1) is 17.9 Å². The summed E-state index contributed by atoms with van der Waals surface area (Å²) in [6, 6.07) is 7.43. The number of ether oxygens (including phenoxy) is 1. The Morgan fingerprint density at radius 3 is 2.00 bits per heavy atom. The molecule has 0 unspecified atom stereocenters. The number of aliphatic carboxylic acids is 1. The third-order valence-electron chi connectivity index (χ3n) is 3.60. The minimum absolute atomic E-state index is 0.295. The summed E-state index contributed by atoms with van der Waals surface area (Å²) in [6.45, 7) is 6.99. The van der Waals surface area contributed by atoms with Crippen LogP contribution in [0.3, 0.4) is 0 Å². The van der Waals surface area contributed by atoms with Gasteiger partial charge >= 0.3 is 11.9 Å². The summed E-state index contributed by atoms with van der Waals surface area (Å²) in [7, 11) is 1.37. The molecule has 0 radical (unpaired) electrons. The van der Waals surface area contributed by atoms with Crippen molar-refractivity contribution in [2.24, 2.45) is 5.41 Å². The number of carbonyl (C=O) groups is 2. The van der Waals surface area contributed by atoms with Crippen LogP contribution in [0, 0.1) is 5.41 Å². The highest BCUT2D eigenvalue weighted by Gasteiger charge is 2.31. The molecule has 20 heavy (non-hydrogen) atoms. The molecule has 0 saturated heterocycles. The van der Waals surface area contributed by atoms with Crippen molar-refractivity contribution in [2.75, 3.05) is 7.11 Å². The van der Waals surface area contributed by atoms with Gasteiger partial charge in [0.1, 0.15) is 0 Å². The SMILES string of the molecule is COC(=O)C(C)(C)c1ccc(CC(C)(C)C(=O)O)cc1. The third kappa shape index (κ3) is 3.38. The van der Waals surface area contributed by atoms with Crippen LogP contribution in [0.4, 0.5) is 0 Å². The van der Waals surface area contributed by atoms with E-state index in [2.05, 4.69) is 0 Å². The molecule has 1 N–H and O–H groups in total. The molecule has 0 bridgehead atoms. The van der Waals surface area contributed by atoms with E-state index in [1.165, 1.54) is 7.11 Å². The van der Waals surface area contributed by atoms with Crippen molar-refractivity contribution in [3.05, 3.63) is 35.4 Å². The van der Waals surface area contributed by atoms with E-state index in [9.17, 15) is 9.59 Å². The van der Waals surface area contributed by atoms with Crippen molar-refractivity contribution < 1.29 is 19.4 Å². The summed E-state index contributed by atoms with van der Waals surface area (Å²) in [5, 5.41) is 9.13. The van der Waals surface area contributed by atoms with E-state index in [0.29, 0.717) is 6.42 Å². The highest BCUT2D eigenvalue weighted by Crippen LogP contribution is 2.27. The van der Waals surface area contributed by atoms with Gasteiger partial charge in [0, 0.05) is 0 Å². The molecule has 1 aromatic rings. The fraction of sp³-hybridized carbons (Fsp3) is 0.500. The molecule has 0 aliphatic carbocycles. The van der Waals surface area contributed by atoms with Gasteiger partial charge in [-0.2, -0.15) is 0 Å². The summed E-state index contributed by atoms with van der Waals surface area (Å²) in [5.74, 6) is -1.12. The summed E-state index contributed by atoms with van der Waals surface area (Å²) < 4.78 is 4.80. The Bertz CT molecular complexity index is 498. The molecule has 4 heteroatoms. The van der Waals surface area contributed by atoms with Crippen molar-refractivity contribution in [1.82, 2.24) is 0 Å². The van der Waals surface area contributed by atoms with Crippen LogP contribution in [0.25, 0.3) is 0 Å². The van der Waals surface area contributed by atoms with Gasteiger partial charge in [0.2, 0.25) is 0 Å². The van der Waals surface area contributed by atoms with Crippen LogP contribution < -0.4 is 0 Å². The van der Waals surface area contributed by atoms with Crippen LogP contribution in [0.5, 0.6) is 0 Å². The van der Waals surface area contributed by atoms with E-state index in [1.54, 1.807) is 27.7 Å². The Morgan fingerprint density at radius 1 is 1.10 bits per heavy atom. The monoisotopic (exact) mass is 278 g/mol. The van der Waals surface area contributed by atoms with Crippen molar-refractivity contribution in [2.45, 2.75) is 39.5 Å². The molecule has 0 spiro atoms. The first-order chi connectivity index (χ1) is 9.11. The zero-order valence-electron chi connectivity index (χ0n) is 12.7. The second-order valence-corrected chi connectivity index (χ2v) is 6.18. The molecule has 0 amide bonds. The smallest absolute Gasteiger partial charge is 0.315 e. The molecular formula is C16H22O4. The Balaban J connectivity index is 2.95. The molecule has 1 aromatic carbocycles. The normalized spacial score (nSPS) is 12.1. The lowest BCUT2D eigenvalue weighted by molar-refractivity contribution is -0.147. The molecule has 0 saturated carbocycles. The van der Waals surface area contributed by atoms with Gasteiger partial charge < -0.3 is 9.84 Å². The first-order valence-electron chi connectivity index (χ1n) is 6.52. The lowest BCUT2D eigenvalue weighted by Gasteiger charge is -2.23. The fourth-order valence-electron chi connectivity index (χ4n) is 2.00. The fourth-order valence-corrected chi connectivity index (χ4v) is 2.00. The highest BCUT2D eigenvalue weighted by molar-refractivity contribution is 5.82. The number of hydrogen-bond donors (Lipinski definition) is 1. The maximum Gasteiger partial charge on any atom is 0.315 e. The second-order valence-electron chi connectivity index (χ2n) is 6.18. The number of methoxy groups -OCH3 is 1. The molecule has 0 aliphatic heterocycles. The summed E-state index contributed by atoms with van der Waals surface area (Å²) in [6.07, 6.45) is 0.446. The largest absolute Gasteiger partial charge is 0.481 e. The second kappa shape index (κ2) is 5.65. The summed E-state index contributed by atoms with van der Waals surface area (Å²) in [4.78, 5) is 22.9. The van der Waals surface area contributed by atoms with Crippen LogP contribution >= 0.6 is 0 Å². The van der Waals surface area contributed by atoms with Gasteiger partial charge in [0.25, 0.3) is 0 Å². The molecule has 0 atom stereocenters. The number of benzene rings is 1. The Hall–Kier alpha value is -1.84. The molecule has 0 aromatic heterocycles. The van der Waals surface area contributed by atoms with E-state index in [4.69, 9.17) is 9.84 Å². The standard InChI is InChI=1S/C16H22O4/c1-15(2,13(17)18)10-11-6-8-12(9-7-11)16(3,4)14(19)20-5/h6-9H,10H2,1-5H3,(H,17,18). The lowest BCUT2D eigenvalue weighted by Crippen LogP contribution is -2.30. The molecule has 1 rings (SSSR count). The Labute approximate surface area is 119 Å². The maximum atomic E-state index is 11.7. The van der Waals surface area contributed by atoms with Crippen LogP contribution in [0.2, 0.25) is 0 Å². The van der Waals surface area contributed by atoms with Crippen LogP contribution in [-0.4, -0.2) is 24.2 Å². The van der Waals surface area contributed by atoms with Crippen LogP contribution in [0.15, 0.2) is 24.3 Å². The number of carboxylic acid groups (broad SMARTS) is 1. The summed E-state index contributed by atoms with van der Waals surface area (Å²) >= 11 is 0. The predicted octanol–water partition coefficient (Wildman–Crippen LogP) is 2.79. The molecule has 110 valence electrons. The van der Waals surface area contributed by atoms with Gasteiger partial charge in [-0.15, -0.1) is 0 Å². The van der Waals surface area contributed by atoms with Crippen molar-refractivity contribution >= 4 is 11.9 Å². The minimum Gasteiger partial charge on any atom is -0.481 e. The zero-order chi connectivity index (χ0) is 15.6. The van der Waals surface area contributed by atoms with Gasteiger partial charge in [-0.25, -0.2) is 0 Å². The van der Waals surface area contributed by atoms with E-state index in [-0.39, 0.29) is 5.97 Å². The average Bonchev–Trinajstić information content (AvgIpc) is 2.37. The molecule has 0 heterocycles. The Kier molecular flexibility index (Phi) is 4.58. The minimum atomic E-state index is -0.823. The molecule has 4 nitrogen and oxygen atoms in total. The Morgan fingerprint density at radius 2 is 1.60 bits per heavy atom. The van der Waals surface area contributed by atoms with Gasteiger partial charge in [-0.3, -0.25) is 9.59 Å². The topological polar surface area (TPSA) is 63.6 Å². The number of carbonyl (C=O) groups excluding carboxylic acids is 1. The number of esters is 1. The third-order valence-corrected chi connectivity index (χ3v) is 3.60. The molecule has 0 aliphatic rings.